The van der Waals surface area contributed by atoms with Gasteiger partial charge in [0.25, 0.3) is 0 Å². The van der Waals surface area contributed by atoms with E-state index in [1.165, 1.54) is 5.56 Å². The summed E-state index contributed by atoms with van der Waals surface area (Å²) >= 11 is 3.35. The van der Waals surface area contributed by atoms with Crippen molar-refractivity contribution in [2.45, 2.75) is 0 Å². The molecule has 0 spiro atoms. The fourth-order valence-electron chi connectivity index (χ4n) is 1.95. The summed E-state index contributed by atoms with van der Waals surface area (Å²) in [5.41, 5.74) is 3.26. The molecule has 0 amide bonds. The summed E-state index contributed by atoms with van der Waals surface area (Å²) in [4.78, 5) is 0. The van der Waals surface area contributed by atoms with Crippen molar-refractivity contribution in [2.75, 3.05) is 0 Å². The molecule has 0 N–H and O–H groups in total. The van der Waals surface area contributed by atoms with Crippen LogP contribution in [-0.2, 0) is 27.2 Å². The molecule has 5 heteroatoms. The standard InChI is InChI=1S/C15H11BrN3.Ir/c1-19-14(17-18-15(19)16)13-9-5-8-12(10-13)11-6-3-2-4-7-11;/h2-8,10H,1H3;/q-1;. The maximum atomic E-state index is 4.16. The van der Waals surface area contributed by atoms with E-state index in [0.29, 0.717) is 4.73 Å². The smallest absolute Gasteiger partial charge is 0.190 e. The van der Waals surface area contributed by atoms with Gasteiger partial charge in [-0.3, -0.25) is 0 Å². The Kier molecular flexibility index (Phi) is 4.86. The van der Waals surface area contributed by atoms with Crippen molar-refractivity contribution in [3.05, 3.63) is 59.3 Å². The van der Waals surface area contributed by atoms with Crippen LogP contribution in [-0.4, -0.2) is 14.8 Å². The predicted octanol–water partition coefficient (Wildman–Crippen LogP) is 3.71. The van der Waals surface area contributed by atoms with Crippen LogP contribution in [0.15, 0.2) is 53.3 Å². The molecule has 1 aromatic heterocycles. The monoisotopic (exact) mass is 505 g/mol. The first-order chi connectivity index (χ1) is 9.25. The van der Waals surface area contributed by atoms with E-state index in [2.05, 4.69) is 50.4 Å². The number of halogens is 1. The number of rotatable bonds is 2. The first-order valence-corrected chi connectivity index (χ1v) is 6.67. The molecule has 0 saturated carbocycles. The van der Waals surface area contributed by atoms with Gasteiger partial charge in [0.2, 0.25) is 0 Å². The van der Waals surface area contributed by atoms with Gasteiger partial charge in [0.1, 0.15) is 0 Å². The molecule has 20 heavy (non-hydrogen) atoms. The number of hydrogen-bond donors (Lipinski definition) is 0. The minimum atomic E-state index is 0. The van der Waals surface area contributed by atoms with Crippen molar-refractivity contribution in [3.63, 3.8) is 0 Å². The molecule has 0 bridgehead atoms. The van der Waals surface area contributed by atoms with E-state index >= 15 is 0 Å². The third-order valence-corrected chi connectivity index (χ3v) is 3.66. The second kappa shape index (κ2) is 6.44. The summed E-state index contributed by atoms with van der Waals surface area (Å²) < 4.78 is 2.60. The van der Waals surface area contributed by atoms with Crippen LogP contribution in [0.4, 0.5) is 0 Å². The van der Waals surface area contributed by atoms with E-state index in [9.17, 15) is 0 Å². The molecule has 0 unspecified atom stereocenters. The van der Waals surface area contributed by atoms with Crippen LogP contribution in [0.25, 0.3) is 22.5 Å². The number of hydrogen-bond acceptors (Lipinski definition) is 2. The van der Waals surface area contributed by atoms with E-state index in [1.54, 1.807) is 0 Å². The summed E-state index contributed by atoms with van der Waals surface area (Å²) in [5, 5.41) is 8.16. The molecule has 3 aromatic rings. The first-order valence-electron chi connectivity index (χ1n) is 5.88. The Morgan fingerprint density at radius 1 is 1.05 bits per heavy atom. The van der Waals surface area contributed by atoms with Crippen LogP contribution < -0.4 is 0 Å². The Labute approximate surface area is 139 Å². The summed E-state index contributed by atoms with van der Waals surface area (Å²) in [5.74, 6) is 0.796. The Hall–Kier alpha value is -1.29. The third kappa shape index (κ3) is 2.90. The molecule has 3 nitrogen and oxygen atoms in total. The molecule has 3 rings (SSSR count). The first kappa shape index (κ1) is 15.1. The molecule has 0 aliphatic carbocycles. The van der Waals surface area contributed by atoms with Crippen molar-refractivity contribution in [3.8, 4) is 22.5 Å². The maximum absolute atomic E-state index is 4.16. The summed E-state index contributed by atoms with van der Waals surface area (Å²) in [7, 11) is 1.92. The molecule has 103 valence electrons. The fourth-order valence-corrected chi connectivity index (χ4v) is 2.20. The Balaban J connectivity index is 0.00000147. The molecule has 2 aromatic carbocycles. The van der Waals surface area contributed by atoms with Crippen molar-refractivity contribution in [2.24, 2.45) is 7.05 Å². The fraction of sp³-hybridized carbons (Fsp3) is 0.0667. The summed E-state index contributed by atoms with van der Waals surface area (Å²) in [6.07, 6.45) is 0. The van der Waals surface area contributed by atoms with Gasteiger partial charge in [-0.25, -0.2) is 0 Å². The van der Waals surface area contributed by atoms with Crippen LogP contribution >= 0.6 is 15.9 Å². The predicted molar refractivity (Wildman–Crippen MR) is 78.4 cm³/mol. The van der Waals surface area contributed by atoms with Gasteiger partial charge in [0.05, 0.1) is 5.82 Å². The third-order valence-electron chi connectivity index (χ3n) is 2.97. The van der Waals surface area contributed by atoms with Crippen LogP contribution in [0.1, 0.15) is 0 Å². The van der Waals surface area contributed by atoms with Crippen LogP contribution in [0.3, 0.4) is 0 Å². The van der Waals surface area contributed by atoms with Gasteiger partial charge >= 0.3 is 0 Å². The second-order valence-corrected chi connectivity index (χ2v) is 4.92. The Morgan fingerprint density at radius 3 is 2.45 bits per heavy atom. The van der Waals surface area contributed by atoms with E-state index < -0.39 is 0 Å². The van der Waals surface area contributed by atoms with Gasteiger partial charge in [-0.1, -0.05) is 30.3 Å². The van der Waals surface area contributed by atoms with Crippen molar-refractivity contribution in [1.82, 2.24) is 14.8 Å². The topological polar surface area (TPSA) is 30.7 Å². The van der Waals surface area contributed by atoms with Gasteiger partial charge in [0, 0.05) is 27.2 Å². The SMILES string of the molecule is Cn1c(Br)nnc1-c1[c-]ccc(-c2ccccc2)c1.[Ir]. The zero-order valence-electron chi connectivity index (χ0n) is 10.7. The molecule has 1 radical (unpaired) electrons. The van der Waals surface area contributed by atoms with Crippen molar-refractivity contribution >= 4 is 15.9 Å². The molecule has 1 heterocycles. The maximum Gasteiger partial charge on any atom is 0.190 e. The number of nitrogens with zero attached hydrogens (tertiary/aromatic N) is 3. The average molecular weight is 505 g/mol. The van der Waals surface area contributed by atoms with E-state index in [4.69, 9.17) is 0 Å². The van der Waals surface area contributed by atoms with Crippen LogP contribution in [0.5, 0.6) is 0 Å². The molecular formula is C15H11BrIrN3-. The largest absolute Gasteiger partial charge is 0.345 e. The normalized spacial score (nSPS) is 10.1. The second-order valence-electron chi connectivity index (χ2n) is 4.21. The van der Waals surface area contributed by atoms with E-state index in [1.807, 2.05) is 41.9 Å². The molecular weight excluding hydrogens is 494 g/mol. The van der Waals surface area contributed by atoms with Gasteiger partial charge < -0.3 is 4.57 Å². The minimum absolute atomic E-state index is 0. The zero-order valence-corrected chi connectivity index (χ0v) is 14.7. The molecule has 0 atom stereocenters. The number of aromatic nitrogens is 3. The minimum Gasteiger partial charge on any atom is -0.345 e. The van der Waals surface area contributed by atoms with Crippen molar-refractivity contribution in [1.29, 1.82) is 0 Å². The van der Waals surface area contributed by atoms with E-state index in [0.717, 1.165) is 17.0 Å². The molecule has 0 aliphatic rings. The van der Waals surface area contributed by atoms with E-state index in [-0.39, 0.29) is 20.1 Å². The van der Waals surface area contributed by atoms with Crippen molar-refractivity contribution < 1.29 is 20.1 Å². The van der Waals surface area contributed by atoms with Crippen LogP contribution in [0.2, 0.25) is 0 Å². The van der Waals surface area contributed by atoms with Gasteiger partial charge in [0.15, 0.2) is 4.73 Å². The average Bonchev–Trinajstić information content (AvgIpc) is 2.80. The van der Waals surface area contributed by atoms with Gasteiger partial charge in [-0.15, -0.1) is 40.5 Å². The Morgan fingerprint density at radius 2 is 1.80 bits per heavy atom. The van der Waals surface area contributed by atoms with Gasteiger partial charge in [-0.2, -0.15) is 5.10 Å². The van der Waals surface area contributed by atoms with Gasteiger partial charge in [-0.05, 0) is 21.5 Å². The zero-order chi connectivity index (χ0) is 13.2. The summed E-state index contributed by atoms with van der Waals surface area (Å²) in [6, 6.07) is 19.5. The molecule has 0 fully saturated rings. The summed E-state index contributed by atoms with van der Waals surface area (Å²) in [6.45, 7) is 0. The van der Waals surface area contributed by atoms with Crippen LogP contribution in [0, 0.1) is 6.07 Å². The quantitative estimate of drug-likeness (QED) is 0.498. The molecule has 0 saturated heterocycles. The Bertz CT molecular complexity index is 710. The number of benzene rings is 2. The molecule has 0 aliphatic heterocycles.